The van der Waals surface area contributed by atoms with Gasteiger partial charge in [-0.3, -0.25) is 4.79 Å². The molecule has 0 aliphatic heterocycles. The van der Waals surface area contributed by atoms with E-state index in [2.05, 4.69) is 15.5 Å². The van der Waals surface area contributed by atoms with Gasteiger partial charge in [-0.15, -0.1) is 0 Å². The zero-order valence-electron chi connectivity index (χ0n) is 15.2. The summed E-state index contributed by atoms with van der Waals surface area (Å²) in [5.74, 6) is 1.07. The summed E-state index contributed by atoms with van der Waals surface area (Å²) < 4.78 is 10.9. The molecule has 7 heteroatoms. The SMILES string of the molecule is O=C(COc1cccc(-c2noc(-c3cccc(Cl)c3)n2)c1)Nc1ccccc1. The Bertz CT molecular complexity index is 1130. The highest BCUT2D eigenvalue weighted by Gasteiger charge is 2.12. The molecule has 0 fully saturated rings. The van der Waals surface area contributed by atoms with Gasteiger partial charge in [0.25, 0.3) is 11.8 Å². The van der Waals surface area contributed by atoms with E-state index >= 15 is 0 Å². The molecule has 29 heavy (non-hydrogen) atoms. The summed E-state index contributed by atoms with van der Waals surface area (Å²) in [5, 5.41) is 7.38. The van der Waals surface area contributed by atoms with Gasteiger partial charge in [-0.25, -0.2) is 0 Å². The van der Waals surface area contributed by atoms with E-state index in [4.69, 9.17) is 20.9 Å². The number of amides is 1. The predicted octanol–water partition coefficient (Wildman–Crippen LogP) is 5.07. The van der Waals surface area contributed by atoms with Crippen molar-refractivity contribution in [3.05, 3.63) is 83.9 Å². The molecule has 0 radical (unpaired) electrons. The molecular weight excluding hydrogens is 390 g/mol. The molecule has 0 saturated heterocycles. The fourth-order valence-corrected chi connectivity index (χ4v) is 2.86. The maximum atomic E-state index is 12.0. The van der Waals surface area contributed by atoms with Crippen LogP contribution in [0.5, 0.6) is 5.75 Å². The number of nitrogens with zero attached hydrogens (tertiary/aromatic N) is 2. The Labute approximate surface area is 172 Å². The molecule has 1 heterocycles. The Kier molecular flexibility index (Phi) is 5.54. The Balaban J connectivity index is 1.43. The minimum atomic E-state index is -0.246. The van der Waals surface area contributed by atoms with Crippen LogP contribution in [-0.4, -0.2) is 22.7 Å². The largest absolute Gasteiger partial charge is 0.484 e. The van der Waals surface area contributed by atoms with E-state index in [1.165, 1.54) is 0 Å². The van der Waals surface area contributed by atoms with Crippen LogP contribution in [0.2, 0.25) is 5.02 Å². The second-order valence-electron chi connectivity index (χ2n) is 6.16. The van der Waals surface area contributed by atoms with Crippen molar-refractivity contribution in [3.8, 4) is 28.6 Å². The topological polar surface area (TPSA) is 77.2 Å². The minimum Gasteiger partial charge on any atom is -0.484 e. The number of rotatable bonds is 6. The van der Waals surface area contributed by atoms with E-state index in [-0.39, 0.29) is 12.5 Å². The molecule has 0 unspecified atom stereocenters. The first-order valence-corrected chi connectivity index (χ1v) is 9.23. The summed E-state index contributed by atoms with van der Waals surface area (Å²) >= 11 is 6.01. The van der Waals surface area contributed by atoms with Crippen LogP contribution in [0.3, 0.4) is 0 Å². The standard InChI is InChI=1S/C22H16ClN3O3/c23-17-8-4-7-16(12-17)22-25-21(26-29-22)15-6-5-11-19(13-15)28-14-20(27)24-18-9-2-1-3-10-18/h1-13H,14H2,(H,24,27). The summed E-state index contributed by atoms with van der Waals surface area (Å²) in [6.45, 7) is -0.113. The molecule has 0 bridgehead atoms. The molecule has 0 aliphatic rings. The van der Waals surface area contributed by atoms with Crippen LogP contribution in [0, 0.1) is 0 Å². The minimum absolute atomic E-state index is 0.113. The quantitative estimate of drug-likeness (QED) is 0.484. The van der Waals surface area contributed by atoms with Crippen LogP contribution in [0.1, 0.15) is 0 Å². The maximum absolute atomic E-state index is 12.0. The Hall–Kier alpha value is -3.64. The number of carbonyl (C=O) groups excluding carboxylic acids is 1. The predicted molar refractivity (Wildman–Crippen MR) is 111 cm³/mol. The molecular formula is C22H16ClN3O3. The van der Waals surface area contributed by atoms with Crippen LogP contribution in [0.4, 0.5) is 5.69 Å². The number of para-hydroxylation sites is 1. The molecule has 0 spiro atoms. The van der Waals surface area contributed by atoms with Crippen molar-refractivity contribution < 1.29 is 14.1 Å². The molecule has 1 N–H and O–H groups in total. The zero-order chi connectivity index (χ0) is 20.1. The molecule has 3 aromatic carbocycles. The highest BCUT2D eigenvalue weighted by Crippen LogP contribution is 2.26. The number of ether oxygens (including phenoxy) is 1. The van der Waals surface area contributed by atoms with E-state index in [0.29, 0.717) is 28.1 Å². The average Bonchev–Trinajstić information content (AvgIpc) is 3.24. The lowest BCUT2D eigenvalue weighted by Gasteiger charge is -2.08. The van der Waals surface area contributed by atoms with E-state index in [0.717, 1.165) is 11.3 Å². The number of hydrogen-bond donors (Lipinski definition) is 1. The van der Waals surface area contributed by atoms with Crippen molar-refractivity contribution in [3.63, 3.8) is 0 Å². The Morgan fingerprint density at radius 2 is 1.76 bits per heavy atom. The lowest BCUT2D eigenvalue weighted by molar-refractivity contribution is -0.118. The van der Waals surface area contributed by atoms with Crippen LogP contribution in [-0.2, 0) is 4.79 Å². The fourth-order valence-electron chi connectivity index (χ4n) is 2.67. The average molecular weight is 406 g/mol. The van der Waals surface area contributed by atoms with Gasteiger partial charge in [0.05, 0.1) is 0 Å². The van der Waals surface area contributed by atoms with Gasteiger partial charge in [-0.05, 0) is 42.5 Å². The molecule has 0 aliphatic carbocycles. The first-order valence-electron chi connectivity index (χ1n) is 8.85. The molecule has 144 valence electrons. The Morgan fingerprint density at radius 1 is 0.966 bits per heavy atom. The van der Waals surface area contributed by atoms with Gasteiger partial charge in [0, 0.05) is 21.8 Å². The second-order valence-corrected chi connectivity index (χ2v) is 6.60. The van der Waals surface area contributed by atoms with E-state index < -0.39 is 0 Å². The molecule has 0 saturated carbocycles. The molecule has 1 aromatic heterocycles. The number of anilines is 1. The molecule has 6 nitrogen and oxygen atoms in total. The summed E-state index contributed by atoms with van der Waals surface area (Å²) in [6.07, 6.45) is 0. The normalized spacial score (nSPS) is 10.5. The van der Waals surface area contributed by atoms with Gasteiger partial charge in [0.1, 0.15) is 5.75 Å². The molecule has 1 amide bonds. The Morgan fingerprint density at radius 3 is 2.59 bits per heavy atom. The number of nitrogens with one attached hydrogen (secondary N) is 1. The van der Waals surface area contributed by atoms with Gasteiger partial charge >= 0.3 is 0 Å². The van der Waals surface area contributed by atoms with E-state index in [1.54, 1.807) is 30.3 Å². The van der Waals surface area contributed by atoms with Gasteiger partial charge in [0.2, 0.25) is 5.82 Å². The smallest absolute Gasteiger partial charge is 0.262 e. The van der Waals surface area contributed by atoms with Crippen molar-refractivity contribution in [1.29, 1.82) is 0 Å². The van der Waals surface area contributed by atoms with Crippen LogP contribution < -0.4 is 10.1 Å². The van der Waals surface area contributed by atoms with E-state index in [9.17, 15) is 4.79 Å². The summed E-state index contributed by atoms with van der Waals surface area (Å²) in [6, 6.07) is 23.5. The second kappa shape index (κ2) is 8.58. The summed E-state index contributed by atoms with van der Waals surface area (Å²) in [7, 11) is 0. The third-order valence-corrected chi connectivity index (χ3v) is 4.25. The number of carbonyl (C=O) groups is 1. The first-order chi connectivity index (χ1) is 14.2. The van der Waals surface area contributed by atoms with E-state index in [1.807, 2.05) is 48.5 Å². The molecule has 4 rings (SSSR count). The number of benzene rings is 3. The highest BCUT2D eigenvalue weighted by molar-refractivity contribution is 6.30. The monoisotopic (exact) mass is 405 g/mol. The highest BCUT2D eigenvalue weighted by atomic mass is 35.5. The zero-order valence-corrected chi connectivity index (χ0v) is 16.0. The first kappa shape index (κ1) is 18.7. The van der Waals surface area contributed by atoms with Crippen molar-refractivity contribution in [1.82, 2.24) is 10.1 Å². The van der Waals surface area contributed by atoms with Crippen LogP contribution in [0.15, 0.2) is 83.4 Å². The van der Waals surface area contributed by atoms with Crippen molar-refractivity contribution in [2.75, 3.05) is 11.9 Å². The lowest BCUT2D eigenvalue weighted by Crippen LogP contribution is -2.20. The number of hydrogen-bond acceptors (Lipinski definition) is 5. The maximum Gasteiger partial charge on any atom is 0.262 e. The van der Waals surface area contributed by atoms with Crippen molar-refractivity contribution in [2.24, 2.45) is 0 Å². The number of aromatic nitrogens is 2. The van der Waals surface area contributed by atoms with Crippen LogP contribution in [0.25, 0.3) is 22.8 Å². The summed E-state index contributed by atoms with van der Waals surface area (Å²) in [5.41, 5.74) is 2.17. The van der Waals surface area contributed by atoms with Gasteiger partial charge in [-0.1, -0.05) is 53.2 Å². The fraction of sp³-hybridized carbons (Fsp3) is 0.0455. The van der Waals surface area contributed by atoms with Gasteiger partial charge < -0.3 is 14.6 Å². The van der Waals surface area contributed by atoms with Gasteiger partial charge in [0.15, 0.2) is 6.61 Å². The number of halogens is 1. The van der Waals surface area contributed by atoms with Crippen LogP contribution >= 0.6 is 11.6 Å². The van der Waals surface area contributed by atoms with Crippen molar-refractivity contribution in [2.45, 2.75) is 0 Å². The third-order valence-electron chi connectivity index (χ3n) is 4.02. The molecule has 0 atom stereocenters. The third kappa shape index (κ3) is 4.80. The summed E-state index contributed by atoms with van der Waals surface area (Å²) in [4.78, 5) is 16.5. The van der Waals surface area contributed by atoms with Crippen molar-refractivity contribution >= 4 is 23.2 Å². The lowest BCUT2D eigenvalue weighted by atomic mass is 10.2. The van der Waals surface area contributed by atoms with Gasteiger partial charge in [-0.2, -0.15) is 4.98 Å². The molecule has 4 aromatic rings.